The van der Waals surface area contributed by atoms with Gasteiger partial charge in [0.05, 0.1) is 6.04 Å². The molecule has 2 nitrogen and oxygen atoms in total. The van der Waals surface area contributed by atoms with E-state index in [-0.39, 0.29) is 0 Å². The Balaban J connectivity index is 1.33. The Morgan fingerprint density at radius 1 is 0.659 bits per heavy atom. The van der Waals surface area contributed by atoms with Gasteiger partial charge in [-0.05, 0) is 91.8 Å². The van der Waals surface area contributed by atoms with Crippen LogP contribution in [0.25, 0.3) is 55.5 Å². The zero-order valence-electron chi connectivity index (χ0n) is 23.7. The van der Waals surface area contributed by atoms with Crippen LogP contribution in [-0.2, 0) is 6.42 Å². The first-order valence-electron chi connectivity index (χ1n) is 15.0. The average Bonchev–Trinajstić information content (AvgIpc) is 3.54. The summed E-state index contributed by atoms with van der Waals surface area (Å²) in [4.78, 5) is 0. The Bertz CT molecular complexity index is 2040. The van der Waals surface area contributed by atoms with E-state index in [0.29, 0.717) is 12.1 Å². The van der Waals surface area contributed by atoms with Crippen LogP contribution in [0.3, 0.4) is 0 Å². The van der Waals surface area contributed by atoms with Gasteiger partial charge in [0.25, 0.3) is 0 Å². The second kappa shape index (κ2) is 9.52. The van der Waals surface area contributed by atoms with Crippen molar-refractivity contribution in [2.45, 2.75) is 45.2 Å². The van der Waals surface area contributed by atoms with Crippen molar-refractivity contribution in [3.8, 4) is 11.1 Å². The van der Waals surface area contributed by atoms with Gasteiger partial charge in [0.2, 0.25) is 0 Å². The zero-order chi connectivity index (χ0) is 27.5. The maximum Gasteiger partial charge on any atom is 0.0560 e. The predicted octanol–water partition coefficient (Wildman–Crippen LogP) is 10.5. The van der Waals surface area contributed by atoms with E-state index >= 15 is 0 Å². The van der Waals surface area contributed by atoms with Crippen molar-refractivity contribution in [3.05, 3.63) is 132 Å². The number of nitrogens with zero attached hydrogens (tertiary/aromatic N) is 2. The molecule has 0 fully saturated rings. The van der Waals surface area contributed by atoms with Crippen molar-refractivity contribution < 1.29 is 0 Å². The van der Waals surface area contributed by atoms with Crippen LogP contribution < -0.4 is 0 Å². The molecule has 0 spiro atoms. The second-order valence-corrected chi connectivity index (χ2v) is 11.8. The maximum absolute atomic E-state index is 2.55. The van der Waals surface area contributed by atoms with E-state index < -0.39 is 0 Å². The molecule has 2 heterocycles. The van der Waals surface area contributed by atoms with Crippen LogP contribution in [0.4, 0.5) is 0 Å². The van der Waals surface area contributed by atoms with Gasteiger partial charge in [0.15, 0.2) is 0 Å². The number of hydrogen-bond donors (Lipinski definition) is 0. The minimum atomic E-state index is 0.326. The third-order valence-electron chi connectivity index (χ3n) is 9.09. The normalized spacial score (nSPS) is 16.7. The highest BCUT2D eigenvalue weighted by Crippen LogP contribution is 2.41. The van der Waals surface area contributed by atoms with Gasteiger partial charge in [-0.25, -0.2) is 0 Å². The molecule has 0 amide bonds. The Morgan fingerprint density at radius 2 is 1.39 bits per heavy atom. The topological polar surface area (TPSA) is 9.86 Å². The highest BCUT2D eigenvalue weighted by molar-refractivity contribution is 6.11. The minimum absolute atomic E-state index is 0.326. The number of hydrogen-bond acceptors (Lipinski definition) is 0. The van der Waals surface area contributed by atoms with Crippen molar-refractivity contribution in [1.29, 1.82) is 0 Å². The minimum Gasteiger partial charge on any atom is -0.341 e. The van der Waals surface area contributed by atoms with Crippen LogP contribution >= 0.6 is 0 Å². The third-order valence-corrected chi connectivity index (χ3v) is 9.09. The first kappa shape index (κ1) is 24.3. The van der Waals surface area contributed by atoms with Crippen LogP contribution in [0.2, 0.25) is 0 Å². The molecule has 8 rings (SSSR count). The van der Waals surface area contributed by atoms with Gasteiger partial charge in [-0.15, -0.1) is 0 Å². The lowest BCUT2D eigenvalue weighted by atomic mass is 9.90. The second-order valence-electron chi connectivity index (χ2n) is 11.8. The number of aromatic nitrogens is 2. The zero-order valence-corrected chi connectivity index (χ0v) is 23.7. The molecule has 41 heavy (non-hydrogen) atoms. The molecule has 2 heteroatoms. The molecular weight excluding hydrogens is 496 g/mol. The lowest BCUT2D eigenvalue weighted by molar-refractivity contribution is 0.592. The molecule has 2 aliphatic rings. The van der Waals surface area contributed by atoms with Crippen LogP contribution in [0, 0.1) is 0 Å². The van der Waals surface area contributed by atoms with Gasteiger partial charge in [-0.3, -0.25) is 0 Å². The Kier molecular flexibility index (Phi) is 5.63. The van der Waals surface area contributed by atoms with Crippen molar-refractivity contribution in [2.24, 2.45) is 0 Å². The van der Waals surface area contributed by atoms with E-state index in [9.17, 15) is 0 Å². The van der Waals surface area contributed by atoms with Gasteiger partial charge in [-0.2, -0.15) is 0 Å². The fourth-order valence-electron chi connectivity index (χ4n) is 7.25. The monoisotopic (exact) mass is 530 g/mol. The maximum atomic E-state index is 2.55. The largest absolute Gasteiger partial charge is 0.341 e. The van der Waals surface area contributed by atoms with E-state index in [2.05, 4.69) is 144 Å². The molecule has 0 saturated carbocycles. The number of allylic oxidation sites excluding steroid dienone is 5. The molecule has 0 radical (unpaired) electrons. The van der Waals surface area contributed by atoms with E-state index in [4.69, 9.17) is 0 Å². The summed E-state index contributed by atoms with van der Waals surface area (Å²) in [6.07, 6.45) is 14.6. The fraction of sp³-hybridized carbons (Fsp3) is 0.179. The summed E-state index contributed by atoms with van der Waals surface area (Å²) >= 11 is 0. The SMILES string of the molecule is CC(C)n1c2c(c3ccccc31)C=C(c1ccc3c(c1)c1cc(-c4ccccc4)ccc1n3C1C=CC=CC1)CC2. The summed E-state index contributed by atoms with van der Waals surface area (Å²) in [7, 11) is 0. The molecule has 2 aromatic heterocycles. The fourth-order valence-corrected chi connectivity index (χ4v) is 7.25. The third kappa shape index (κ3) is 3.85. The smallest absolute Gasteiger partial charge is 0.0560 e. The van der Waals surface area contributed by atoms with Gasteiger partial charge < -0.3 is 9.13 Å². The summed E-state index contributed by atoms with van der Waals surface area (Å²) in [5.74, 6) is 0. The van der Waals surface area contributed by atoms with E-state index in [1.807, 2.05) is 0 Å². The number of fused-ring (bicyclic) bond motifs is 6. The molecule has 1 unspecified atom stereocenters. The van der Waals surface area contributed by atoms with Crippen LogP contribution in [0.1, 0.15) is 55.6 Å². The lowest BCUT2D eigenvalue weighted by Gasteiger charge is -2.20. The van der Waals surface area contributed by atoms with Crippen LogP contribution in [-0.4, -0.2) is 9.13 Å². The average molecular weight is 531 g/mol. The molecule has 1 atom stereocenters. The molecule has 0 bridgehead atoms. The van der Waals surface area contributed by atoms with Crippen molar-refractivity contribution in [1.82, 2.24) is 9.13 Å². The van der Waals surface area contributed by atoms with Crippen molar-refractivity contribution >= 4 is 44.4 Å². The highest BCUT2D eigenvalue weighted by atomic mass is 15.0. The number of benzene rings is 4. The van der Waals surface area contributed by atoms with Gasteiger partial charge in [0, 0.05) is 50.0 Å². The Hall–Kier alpha value is -4.56. The van der Waals surface area contributed by atoms with E-state index in [0.717, 1.165) is 19.3 Å². The van der Waals surface area contributed by atoms with E-state index in [1.54, 1.807) is 0 Å². The molecule has 0 saturated heterocycles. The molecule has 0 N–H and O–H groups in total. The van der Waals surface area contributed by atoms with Crippen molar-refractivity contribution in [3.63, 3.8) is 0 Å². The van der Waals surface area contributed by atoms with Crippen LogP contribution in [0.15, 0.2) is 115 Å². The summed E-state index contributed by atoms with van der Waals surface area (Å²) < 4.78 is 5.10. The Morgan fingerprint density at radius 3 is 2.15 bits per heavy atom. The lowest BCUT2D eigenvalue weighted by Crippen LogP contribution is -2.08. The summed E-state index contributed by atoms with van der Waals surface area (Å²) in [6.45, 7) is 4.60. The van der Waals surface area contributed by atoms with Gasteiger partial charge in [-0.1, -0.05) is 85.0 Å². The quantitative estimate of drug-likeness (QED) is 0.214. The first-order valence-corrected chi connectivity index (χ1v) is 15.0. The molecule has 200 valence electrons. The molecular formula is C39H34N2. The van der Waals surface area contributed by atoms with Gasteiger partial charge >= 0.3 is 0 Å². The van der Waals surface area contributed by atoms with Gasteiger partial charge in [0.1, 0.15) is 0 Å². The standard InChI is InChI=1S/C39H34N2/c1-26(2)40-36-16-10-9-15-32(36)33-24-29(18-20-37(33)40)30-19-22-39-35(25-30)34-23-28(27-11-5-3-6-12-27)17-21-38(34)41(39)31-13-7-4-8-14-31/h3-13,15-17,19,21-26,31H,14,18,20H2,1-2H3. The predicted molar refractivity (Wildman–Crippen MR) is 175 cm³/mol. The summed E-state index contributed by atoms with van der Waals surface area (Å²) in [5.41, 5.74) is 12.2. The molecule has 4 aromatic carbocycles. The highest BCUT2D eigenvalue weighted by Gasteiger charge is 2.23. The summed E-state index contributed by atoms with van der Waals surface area (Å²) in [6, 6.07) is 34.6. The number of rotatable bonds is 4. The number of para-hydroxylation sites is 1. The van der Waals surface area contributed by atoms with Crippen LogP contribution in [0.5, 0.6) is 0 Å². The molecule has 0 aliphatic heterocycles. The first-order chi connectivity index (χ1) is 20.2. The Labute approximate surface area is 241 Å². The molecule has 2 aliphatic carbocycles. The van der Waals surface area contributed by atoms with E-state index in [1.165, 1.54) is 66.2 Å². The summed E-state index contributed by atoms with van der Waals surface area (Å²) in [5, 5.41) is 4.05. The van der Waals surface area contributed by atoms with Crippen molar-refractivity contribution in [2.75, 3.05) is 0 Å². The molecule has 6 aromatic rings.